The molecule has 1 fully saturated rings. The molecule has 0 N–H and O–H groups in total. The fraction of sp³-hybridized carbons (Fsp3) is 0.400. The van der Waals surface area contributed by atoms with E-state index in [0.29, 0.717) is 37.7 Å². The number of nitrogens with zero attached hydrogens (tertiary/aromatic N) is 5. The van der Waals surface area contributed by atoms with Crippen LogP contribution in [0.5, 0.6) is 0 Å². The van der Waals surface area contributed by atoms with E-state index in [4.69, 9.17) is 11.6 Å². The van der Waals surface area contributed by atoms with Crippen molar-refractivity contribution >= 4 is 23.3 Å². The molecule has 0 bridgehead atoms. The van der Waals surface area contributed by atoms with Gasteiger partial charge in [-0.3, -0.25) is 9.48 Å². The van der Waals surface area contributed by atoms with Crippen LogP contribution in [0.1, 0.15) is 16.1 Å². The number of aryl methyl sites for hydroxylation is 1. The molecule has 0 spiro atoms. The molecule has 6 nitrogen and oxygen atoms in total. The monoisotopic (exact) mass is 373 g/mol. The van der Waals surface area contributed by atoms with E-state index in [0.717, 1.165) is 12.3 Å². The van der Waals surface area contributed by atoms with E-state index in [2.05, 4.69) is 10.1 Å². The van der Waals surface area contributed by atoms with E-state index >= 15 is 0 Å². The first-order valence-electron chi connectivity index (χ1n) is 7.52. The van der Waals surface area contributed by atoms with Gasteiger partial charge in [0.2, 0.25) is 0 Å². The summed E-state index contributed by atoms with van der Waals surface area (Å²) >= 11 is 5.97. The maximum Gasteiger partial charge on any atom is 0.417 e. The third kappa shape index (κ3) is 3.55. The standard InChI is InChI=1S/C15H15ClF3N5O/c1-22-12(2-3-21-22)14(25)24-6-4-23(5-7-24)13-11(16)8-10(9-20-13)15(17,18)19/h2-3,8-9H,4-7H2,1H3. The number of hydrogen-bond donors (Lipinski definition) is 0. The van der Waals surface area contributed by atoms with Crippen LogP contribution in [0.4, 0.5) is 19.0 Å². The zero-order valence-electron chi connectivity index (χ0n) is 13.3. The Kier molecular flexibility index (Phi) is 4.59. The Morgan fingerprint density at radius 3 is 2.44 bits per heavy atom. The summed E-state index contributed by atoms with van der Waals surface area (Å²) in [6, 6.07) is 2.51. The van der Waals surface area contributed by atoms with Crippen molar-refractivity contribution in [3.63, 3.8) is 0 Å². The largest absolute Gasteiger partial charge is 0.417 e. The predicted octanol–water partition coefficient (Wildman–Crippen LogP) is 2.45. The minimum absolute atomic E-state index is 0.0544. The summed E-state index contributed by atoms with van der Waals surface area (Å²) in [6.07, 6.45) is -2.16. The number of pyridine rings is 1. The Morgan fingerprint density at radius 2 is 1.92 bits per heavy atom. The molecule has 0 aliphatic carbocycles. The Hall–Kier alpha value is -2.29. The smallest absolute Gasteiger partial charge is 0.352 e. The van der Waals surface area contributed by atoms with Crippen LogP contribution in [0.25, 0.3) is 0 Å². The minimum Gasteiger partial charge on any atom is -0.352 e. The van der Waals surface area contributed by atoms with Gasteiger partial charge in [-0.15, -0.1) is 0 Å². The van der Waals surface area contributed by atoms with Gasteiger partial charge in [0.15, 0.2) is 0 Å². The molecule has 10 heteroatoms. The highest BCUT2D eigenvalue weighted by molar-refractivity contribution is 6.33. The average Bonchev–Trinajstić information content (AvgIpc) is 2.99. The Bertz CT molecular complexity index is 784. The predicted molar refractivity (Wildman–Crippen MR) is 85.6 cm³/mol. The summed E-state index contributed by atoms with van der Waals surface area (Å²) in [4.78, 5) is 19.7. The molecule has 1 amide bonds. The number of piperazine rings is 1. The molecule has 2 aromatic heterocycles. The molecule has 0 saturated carbocycles. The Morgan fingerprint density at radius 1 is 1.24 bits per heavy atom. The number of rotatable bonds is 2. The molecule has 0 unspecified atom stereocenters. The van der Waals surface area contributed by atoms with Crippen LogP contribution >= 0.6 is 11.6 Å². The van der Waals surface area contributed by atoms with Crippen LogP contribution in [0, 0.1) is 0 Å². The molecule has 134 valence electrons. The molecular weight excluding hydrogens is 359 g/mol. The van der Waals surface area contributed by atoms with Crippen molar-refractivity contribution < 1.29 is 18.0 Å². The van der Waals surface area contributed by atoms with E-state index in [1.54, 1.807) is 29.1 Å². The molecule has 1 aliphatic heterocycles. The number of anilines is 1. The second kappa shape index (κ2) is 6.55. The molecule has 25 heavy (non-hydrogen) atoms. The van der Waals surface area contributed by atoms with Gasteiger partial charge in [0.1, 0.15) is 11.5 Å². The lowest BCUT2D eigenvalue weighted by molar-refractivity contribution is -0.137. The number of amides is 1. The molecule has 1 aliphatic rings. The van der Waals surface area contributed by atoms with Crippen molar-refractivity contribution in [3.8, 4) is 0 Å². The van der Waals surface area contributed by atoms with Crippen molar-refractivity contribution in [2.24, 2.45) is 7.05 Å². The lowest BCUT2D eigenvalue weighted by Crippen LogP contribution is -2.49. The first-order valence-corrected chi connectivity index (χ1v) is 7.90. The maximum absolute atomic E-state index is 12.7. The zero-order valence-corrected chi connectivity index (χ0v) is 14.0. The van der Waals surface area contributed by atoms with Gasteiger partial charge in [0.25, 0.3) is 5.91 Å². The van der Waals surface area contributed by atoms with Gasteiger partial charge in [-0.25, -0.2) is 4.98 Å². The third-order valence-electron chi connectivity index (χ3n) is 4.06. The van der Waals surface area contributed by atoms with Crippen LogP contribution in [0.3, 0.4) is 0 Å². The van der Waals surface area contributed by atoms with Gasteiger partial charge in [-0.2, -0.15) is 18.3 Å². The Labute approximate surface area is 146 Å². The van der Waals surface area contributed by atoms with E-state index in [1.807, 2.05) is 0 Å². The summed E-state index contributed by atoms with van der Waals surface area (Å²) in [6.45, 7) is 1.70. The molecular formula is C15H15ClF3N5O. The topological polar surface area (TPSA) is 54.3 Å². The van der Waals surface area contributed by atoms with Crippen LogP contribution in [-0.4, -0.2) is 51.8 Å². The first-order chi connectivity index (χ1) is 11.8. The fourth-order valence-electron chi connectivity index (χ4n) is 2.69. The van der Waals surface area contributed by atoms with E-state index in [-0.39, 0.29) is 10.9 Å². The number of carbonyl (C=O) groups excluding carboxylic acids is 1. The summed E-state index contributed by atoms with van der Waals surface area (Å²) in [5.41, 5.74) is -0.398. The summed E-state index contributed by atoms with van der Waals surface area (Å²) < 4.78 is 39.6. The van der Waals surface area contributed by atoms with Crippen molar-refractivity contribution in [3.05, 3.63) is 40.8 Å². The first kappa shape index (κ1) is 17.5. The van der Waals surface area contributed by atoms with Gasteiger partial charge in [0, 0.05) is 45.6 Å². The summed E-state index contributed by atoms with van der Waals surface area (Å²) in [7, 11) is 1.69. The molecule has 3 rings (SSSR count). The molecule has 0 atom stereocenters. The minimum atomic E-state index is -4.48. The number of halogens is 4. The highest BCUT2D eigenvalue weighted by Crippen LogP contribution is 2.33. The molecule has 1 saturated heterocycles. The number of alkyl halides is 3. The van der Waals surface area contributed by atoms with Crippen LogP contribution in [-0.2, 0) is 13.2 Å². The Balaban J connectivity index is 1.68. The number of hydrogen-bond acceptors (Lipinski definition) is 4. The maximum atomic E-state index is 12.7. The summed E-state index contributed by atoms with van der Waals surface area (Å²) in [5, 5.41) is 3.92. The van der Waals surface area contributed by atoms with Crippen molar-refractivity contribution in [2.45, 2.75) is 6.18 Å². The van der Waals surface area contributed by atoms with Crippen LogP contribution < -0.4 is 4.90 Å². The quantitative estimate of drug-likeness (QED) is 0.811. The highest BCUT2D eigenvalue weighted by Gasteiger charge is 2.32. The van der Waals surface area contributed by atoms with Crippen molar-refractivity contribution in [1.82, 2.24) is 19.7 Å². The average molecular weight is 374 g/mol. The van der Waals surface area contributed by atoms with Crippen molar-refractivity contribution in [1.29, 1.82) is 0 Å². The van der Waals surface area contributed by atoms with Crippen LogP contribution in [0.2, 0.25) is 5.02 Å². The van der Waals surface area contributed by atoms with Crippen LogP contribution in [0.15, 0.2) is 24.5 Å². The highest BCUT2D eigenvalue weighted by atomic mass is 35.5. The molecule has 0 aromatic carbocycles. The second-order valence-electron chi connectivity index (χ2n) is 5.65. The van der Waals surface area contributed by atoms with E-state index in [1.165, 1.54) is 4.68 Å². The second-order valence-corrected chi connectivity index (χ2v) is 6.05. The normalized spacial score (nSPS) is 15.6. The lowest BCUT2D eigenvalue weighted by atomic mass is 10.2. The molecule has 2 aromatic rings. The zero-order chi connectivity index (χ0) is 18.2. The number of aromatic nitrogens is 3. The lowest BCUT2D eigenvalue weighted by Gasteiger charge is -2.35. The van der Waals surface area contributed by atoms with E-state index in [9.17, 15) is 18.0 Å². The summed E-state index contributed by atoms with van der Waals surface area (Å²) in [5.74, 6) is 0.161. The van der Waals surface area contributed by atoms with E-state index < -0.39 is 11.7 Å². The van der Waals surface area contributed by atoms with Gasteiger partial charge < -0.3 is 9.80 Å². The van der Waals surface area contributed by atoms with Gasteiger partial charge >= 0.3 is 6.18 Å². The van der Waals surface area contributed by atoms with Gasteiger partial charge in [-0.1, -0.05) is 11.6 Å². The van der Waals surface area contributed by atoms with Gasteiger partial charge in [0.05, 0.1) is 10.6 Å². The number of carbonyl (C=O) groups is 1. The fourth-order valence-corrected chi connectivity index (χ4v) is 2.97. The SMILES string of the molecule is Cn1nccc1C(=O)N1CCN(c2ncc(C(F)(F)F)cc2Cl)CC1. The third-order valence-corrected chi connectivity index (χ3v) is 4.33. The van der Waals surface area contributed by atoms with Gasteiger partial charge in [-0.05, 0) is 12.1 Å². The molecule has 3 heterocycles. The van der Waals surface area contributed by atoms with Crippen molar-refractivity contribution in [2.75, 3.05) is 31.1 Å². The molecule has 0 radical (unpaired) electrons.